The van der Waals surface area contributed by atoms with E-state index in [4.69, 9.17) is 0 Å². The summed E-state index contributed by atoms with van der Waals surface area (Å²) in [5.74, 6) is 0.502. The molecule has 1 fully saturated rings. The summed E-state index contributed by atoms with van der Waals surface area (Å²) in [6.07, 6.45) is 4.56. The van der Waals surface area contributed by atoms with Gasteiger partial charge in [0.25, 0.3) is 5.56 Å². The largest absolute Gasteiger partial charge is 0.355 e. The molecule has 0 aliphatic carbocycles. The van der Waals surface area contributed by atoms with Gasteiger partial charge in [0, 0.05) is 31.9 Å². The second-order valence-corrected chi connectivity index (χ2v) is 9.59. The van der Waals surface area contributed by atoms with Crippen molar-refractivity contribution in [1.82, 2.24) is 19.1 Å². The van der Waals surface area contributed by atoms with Crippen LogP contribution in [0.4, 0.5) is 0 Å². The summed E-state index contributed by atoms with van der Waals surface area (Å²) >= 11 is 0. The number of pyridine rings is 1. The number of carbonyl (C=O) groups excluding carboxylic acids is 1. The molecule has 0 radical (unpaired) electrons. The number of rotatable bonds is 10. The summed E-state index contributed by atoms with van der Waals surface area (Å²) in [5, 5.41) is 2.82. The molecule has 164 valence electrons. The van der Waals surface area contributed by atoms with Gasteiger partial charge in [0.2, 0.25) is 15.9 Å². The van der Waals surface area contributed by atoms with Crippen LogP contribution in [-0.2, 0) is 21.4 Å². The van der Waals surface area contributed by atoms with Crippen LogP contribution in [0.5, 0.6) is 0 Å². The lowest BCUT2D eigenvalue weighted by Crippen LogP contribution is -2.37. The molecule has 1 aliphatic heterocycles. The number of nitrogens with one attached hydrogen (secondary N) is 1. The molecule has 29 heavy (non-hydrogen) atoms. The quantitative estimate of drug-likeness (QED) is 0.566. The zero-order valence-corrected chi connectivity index (χ0v) is 18.6. The predicted octanol–water partition coefficient (Wildman–Crippen LogP) is 1.12. The highest BCUT2D eigenvalue weighted by atomic mass is 32.2. The Bertz CT molecular complexity index is 825. The van der Waals surface area contributed by atoms with Crippen LogP contribution in [0.1, 0.15) is 40.0 Å². The van der Waals surface area contributed by atoms with Crippen LogP contribution in [0.2, 0.25) is 0 Å². The molecule has 1 amide bonds. The van der Waals surface area contributed by atoms with Crippen molar-refractivity contribution < 1.29 is 13.2 Å². The number of likely N-dealkylation sites (tertiary alicyclic amines) is 1. The van der Waals surface area contributed by atoms with Gasteiger partial charge in [-0.2, -0.15) is 4.31 Å². The van der Waals surface area contributed by atoms with Crippen molar-refractivity contribution in [3.63, 3.8) is 0 Å². The Hall–Kier alpha value is -1.71. The summed E-state index contributed by atoms with van der Waals surface area (Å²) in [6, 6.07) is 2.49. The summed E-state index contributed by atoms with van der Waals surface area (Å²) < 4.78 is 27.7. The zero-order chi connectivity index (χ0) is 21.4. The van der Waals surface area contributed by atoms with Crippen molar-refractivity contribution in [3.05, 3.63) is 28.7 Å². The van der Waals surface area contributed by atoms with Crippen molar-refractivity contribution in [2.24, 2.45) is 5.92 Å². The molecular formula is C20H34N4O4S. The first kappa shape index (κ1) is 23.6. The molecule has 0 bridgehead atoms. The van der Waals surface area contributed by atoms with Crippen molar-refractivity contribution in [2.75, 3.05) is 39.3 Å². The third kappa shape index (κ3) is 6.65. The smallest absolute Gasteiger partial charge is 0.251 e. The number of piperidine rings is 1. The van der Waals surface area contributed by atoms with E-state index in [-0.39, 0.29) is 17.3 Å². The monoisotopic (exact) mass is 426 g/mol. The maximum absolute atomic E-state index is 12.6. The Morgan fingerprint density at radius 3 is 2.48 bits per heavy atom. The van der Waals surface area contributed by atoms with E-state index in [1.54, 1.807) is 13.8 Å². The molecule has 1 saturated heterocycles. The molecule has 0 spiro atoms. The molecule has 1 N–H and O–H groups in total. The lowest BCUT2D eigenvalue weighted by Gasteiger charge is -2.30. The summed E-state index contributed by atoms with van der Waals surface area (Å²) in [6.45, 7) is 9.99. The minimum absolute atomic E-state index is 0.0212. The van der Waals surface area contributed by atoms with E-state index >= 15 is 0 Å². The summed E-state index contributed by atoms with van der Waals surface area (Å²) in [7, 11) is -3.68. The Morgan fingerprint density at radius 1 is 1.21 bits per heavy atom. The SMILES string of the molecule is CCN(CC)S(=O)(=O)c1ccc(=O)n(CC(=O)NCCCN2CCC(C)CC2)c1. The molecule has 0 aromatic carbocycles. The number of sulfonamides is 1. The predicted molar refractivity (Wildman–Crippen MR) is 113 cm³/mol. The maximum Gasteiger partial charge on any atom is 0.251 e. The standard InChI is InChI=1S/C20H34N4O4S/c1-4-24(5-2)29(27,28)18-7-8-20(26)23(15-18)16-19(25)21-11-6-12-22-13-9-17(3)10-14-22/h7-8,15,17H,4-6,9-14,16H2,1-3H3,(H,21,25). The van der Waals surface area contributed by atoms with Crippen LogP contribution < -0.4 is 10.9 Å². The second-order valence-electron chi connectivity index (χ2n) is 7.65. The highest BCUT2D eigenvalue weighted by molar-refractivity contribution is 7.89. The van der Waals surface area contributed by atoms with Gasteiger partial charge in [0.15, 0.2) is 0 Å². The lowest BCUT2D eigenvalue weighted by molar-refractivity contribution is -0.121. The van der Waals surface area contributed by atoms with E-state index < -0.39 is 15.6 Å². The highest BCUT2D eigenvalue weighted by Crippen LogP contribution is 2.16. The van der Waals surface area contributed by atoms with Crippen molar-refractivity contribution in [2.45, 2.75) is 51.5 Å². The molecule has 1 aliphatic rings. The lowest BCUT2D eigenvalue weighted by atomic mass is 9.99. The third-order valence-corrected chi connectivity index (χ3v) is 7.50. The minimum Gasteiger partial charge on any atom is -0.355 e. The van der Waals surface area contributed by atoms with E-state index in [1.165, 1.54) is 35.5 Å². The van der Waals surface area contributed by atoms with Gasteiger partial charge >= 0.3 is 0 Å². The molecule has 2 rings (SSSR count). The van der Waals surface area contributed by atoms with Crippen molar-refractivity contribution >= 4 is 15.9 Å². The summed E-state index contributed by atoms with van der Waals surface area (Å²) in [4.78, 5) is 26.7. The van der Waals surface area contributed by atoms with Crippen LogP contribution in [0.25, 0.3) is 0 Å². The van der Waals surface area contributed by atoms with E-state index in [0.29, 0.717) is 19.6 Å². The Balaban J connectivity index is 1.89. The second kappa shape index (κ2) is 10.9. The van der Waals surface area contributed by atoms with Crippen molar-refractivity contribution in [3.8, 4) is 0 Å². The van der Waals surface area contributed by atoms with E-state index in [1.807, 2.05) is 0 Å². The van der Waals surface area contributed by atoms with Crippen LogP contribution in [0, 0.1) is 5.92 Å². The number of amides is 1. The molecule has 8 nitrogen and oxygen atoms in total. The Morgan fingerprint density at radius 2 is 1.86 bits per heavy atom. The number of hydrogen-bond acceptors (Lipinski definition) is 5. The van der Waals surface area contributed by atoms with Gasteiger partial charge in [0.05, 0.1) is 4.90 Å². The number of aromatic nitrogens is 1. The summed E-state index contributed by atoms with van der Waals surface area (Å²) in [5.41, 5.74) is -0.402. The first-order valence-corrected chi connectivity index (χ1v) is 11.9. The third-order valence-electron chi connectivity index (χ3n) is 5.46. The van der Waals surface area contributed by atoms with E-state index in [9.17, 15) is 18.0 Å². The molecule has 0 saturated carbocycles. The Kier molecular flexibility index (Phi) is 8.85. The van der Waals surface area contributed by atoms with E-state index in [0.717, 1.165) is 36.5 Å². The highest BCUT2D eigenvalue weighted by Gasteiger charge is 2.22. The Labute approximate surface area is 173 Å². The maximum atomic E-state index is 12.6. The van der Waals surface area contributed by atoms with Gasteiger partial charge in [-0.3, -0.25) is 9.59 Å². The number of nitrogens with zero attached hydrogens (tertiary/aromatic N) is 3. The van der Waals surface area contributed by atoms with Gasteiger partial charge in [-0.15, -0.1) is 0 Å². The van der Waals surface area contributed by atoms with Gasteiger partial charge in [0.1, 0.15) is 6.54 Å². The molecule has 1 aromatic heterocycles. The van der Waals surface area contributed by atoms with Crippen LogP contribution >= 0.6 is 0 Å². The van der Waals surface area contributed by atoms with Crippen molar-refractivity contribution in [1.29, 1.82) is 0 Å². The van der Waals surface area contributed by atoms with Gasteiger partial charge < -0.3 is 14.8 Å². The minimum atomic E-state index is -3.68. The number of hydrogen-bond donors (Lipinski definition) is 1. The fourth-order valence-corrected chi connectivity index (χ4v) is 5.00. The average Bonchev–Trinajstić information content (AvgIpc) is 2.69. The molecule has 2 heterocycles. The van der Waals surface area contributed by atoms with E-state index in [2.05, 4.69) is 17.1 Å². The molecular weight excluding hydrogens is 392 g/mol. The number of carbonyl (C=O) groups is 1. The molecule has 1 aromatic rings. The topological polar surface area (TPSA) is 91.7 Å². The van der Waals surface area contributed by atoms with Gasteiger partial charge in [-0.1, -0.05) is 20.8 Å². The average molecular weight is 427 g/mol. The first-order valence-electron chi connectivity index (χ1n) is 10.5. The zero-order valence-electron chi connectivity index (χ0n) is 17.8. The fourth-order valence-electron chi connectivity index (χ4n) is 3.52. The normalized spacial score (nSPS) is 16.3. The molecule has 9 heteroatoms. The first-order chi connectivity index (χ1) is 13.8. The fraction of sp³-hybridized carbons (Fsp3) is 0.700. The van der Waals surface area contributed by atoms with Crippen LogP contribution in [0.15, 0.2) is 28.0 Å². The van der Waals surface area contributed by atoms with Crippen LogP contribution in [0.3, 0.4) is 0 Å². The van der Waals surface area contributed by atoms with Gasteiger partial charge in [-0.05, 0) is 50.9 Å². The van der Waals surface area contributed by atoms with Gasteiger partial charge in [-0.25, -0.2) is 8.42 Å². The molecule has 0 atom stereocenters. The van der Waals surface area contributed by atoms with Crippen LogP contribution in [-0.4, -0.2) is 67.4 Å². The molecule has 0 unspecified atom stereocenters.